The molecule has 4 rings (SSSR count). The maximum atomic E-state index is 12.4. The van der Waals surface area contributed by atoms with Crippen LogP contribution in [0, 0.1) is 0 Å². The van der Waals surface area contributed by atoms with E-state index in [-0.39, 0.29) is 11.6 Å². The second kappa shape index (κ2) is 14.5. The molecule has 6 nitrogen and oxygen atoms in total. The van der Waals surface area contributed by atoms with Gasteiger partial charge in [-0.15, -0.1) is 0 Å². The molecule has 0 N–H and O–H groups in total. The molecule has 0 heterocycles. The Morgan fingerprint density at radius 2 is 0.952 bits per heavy atom. The molecular formula is C36H36N2O4. The first-order chi connectivity index (χ1) is 20.3. The number of rotatable bonds is 13. The summed E-state index contributed by atoms with van der Waals surface area (Å²) in [6.07, 6.45) is 6.56. The fraction of sp³-hybridized carbons (Fsp3) is 0.167. The first-order valence-corrected chi connectivity index (χ1v) is 13.7. The number of hydrogen-bond donors (Lipinski definition) is 0. The van der Waals surface area contributed by atoms with Gasteiger partial charge in [0.15, 0.2) is 11.6 Å². The monoisotopic (exact) mass is 560 g/mol. The molecule has 42 heavy (non-hydrogen) atoms. The average molecular weight is 561 g/mol. The molecule has 0 spiro atoms. The van der Waals surface area contributed by atoms with Crippen LogP contribution in [0.3, 0.4) is 0 Å². The lowest BCUT2D eigenvalue weighted by Gasteiger charge is -2.10. The molecule has 4 aromatic rings. The molecule has 0 radical (unpaired) electrons. The minimum Gasteiger partial charge on any atom is -0.489 e. The Morgan fingerprint density at radius 3 is 1.31 bits per heavy atom. The lowest BCUT2D eigenvalue weighted by molar-refractivity contribution is 0.103. The number of hydrogen-bond acceptors (Lipinski definition) is 6. The van der Waals surface area contributed by atoms with Gasteiger partial charge in [0.1, 0.15) is 24.7 Å². The molecule has 0 aliphatic rings. The zero-order valence-corrected chi connectivity index (χ0v) is 24.5. The van der Waals surface area contributed by atoms with E-state index in [1.807, 2.05) is 86.5 Å². The van der Waals surface area contributed by atoms with Crippen molar-refractivity contribution in [3.05, 3.63) is 144 Å². The van der Waals surface area contributed by atoms with Gasteiger partial charge >= 0.3 is 0 Å². The minimum absolute atomic E-state index is 0.0643. The summed E-state index contributed by atoms with van der Waals surface area (Å²) in [7, 11) is 7.50. The molecule has 6 heteroatoms. The third-order valence-electron chi connectivity index (χ3n) is 6.34. The van der Waals surface area contributed by atoms with E-state index in [0.29, 0.717) is 35.8 Å². The van der Waals surface area contributed by atoms with Crippen LogP contribution in [0.5, 0.6) is 11.5 Å². The van der Waals surface area contributed by atoms with E-state index in [0.717, 1.165) is 22.3 Å². The normalized spacial score (nSPS) is 11.0. The van der Waals surface area contributed by atoms with E-state index in [2.05, 4.69) is 24.3 Å². The largest absolute Gasteiger partial charge is 0.489 e. The number of ether oxygens (including phenoxy) is 2. The van der Waals surface area contributed by atoms with Crippen LogP contribution in [0.25, 0.3) is 11.1 Å². The summed E-state index contributed by atoms with van der Waals surface area (Å²) in [5.74, 6) is 1.18. The molecular weight excluding hydrogens is 524 g/mol. The standard InChI is InChI=1S/C36H36N2O4/c1-37(2)21-19-35(39)31-7-5-9-33(23-31)41-25-27-11-15-29(16-12-27)30-17-13-28(14-18-30)26-42-34-10-6-8-32(24-34)36(40)20-22-38(3)4/h5-24H,25-26H2,1-4H3/b21-19+,22-20+. The third kappa shape index (κ3) is 8.96. The Bertz CT molecular complexity index is 1430. The SMILES string of the molecule is CN(C)/C=C/C(=O)c1cccc(OCc2ccc(-c3ccc(COc4cccc(C(=O)/C=C/N(C)C)c4)cc3)cc2)c1. The van der Waals surface area contributed by atoms with Crippen LogP contribution in [0.4, 0.5) is 0 Å². The van der Waals surface area contributed by atoms with Crippen molar-refractivity contribution >= 4 is 11.6 Å². The summed E-state index contributed by atoms with van der Waals surface area (Å²) in [5.41, 5.74) is 5.45. The zero-order valence-electron chi connectivity index (χ0n) is 24.5. The molecule has 0 saturated heterocycles. The van der Waals surface area contributed by atoms with Crippen LogP contribution in [-0.4, -0.2) is 49.6 Å². The fourth-order valence-corrected chi connectivity index (χ4v) is 4.02. The van der Waals surface area contributed by atoms with E-state index >= 15 is 0 Å². The van der Waals surface area contributed by atoms with Crippen LogP contribution in [0.1, 0.15) is 31.8 Å². The number of ketones is 2. The van der Waals surface area contributed by atoms with E-state index in [4.69, 9.17) is 9.47 Å². The van der Waals surface area contributed by atoms with Crippen LogP contribution < -0.4 is 9.47 Å². The molecule has 0 unspecified atom stereocenters. The van der Waals surface area contributed by atoms with Crippen molar-refractivity contribution in [1.82, 2.24) is 9.80 Å². The summed E-state index contributed by atoms with van der Waals surface area (Å²) in [6.45, 7) is 0.806. The number of carbonyl (C=O) groups is 2. The third-order valence-corrected chi connectivity index (χ3v) is 6.34. The van der Waals surface area contributed by atoms with Crippen molar-refractivity contribution in [1.29, 1.82) is 0 Å². The lowest BCUT2D eigenvalue weighted by atomic mass is 10.0. The molecule has 0 fully saturated rings. The van der Waals surface area contributed by atoms with Gasteiger partial charge in [-0.25, -0.2) is 0 Å². The molecule has 0 atom stereocenters. The smallest absolute Gasteiger partial charge is 0.187 e. The summed E-state index contributed by atoms with van der Waals surface area (Å²) < 4.78 is 11.9. The van der Waals surface area contributed by atoms with Crippen molar-refractivity contribution in [2.45, 2.75) is 13.2 Å². The van der Waals surface area contributed by atoms with Crippen molar-refractivity contribution in [3.8, 4) is 22.6 Å². The molecule has 0 aliphatic heterocycles. The Morgan fingerprint density at radius 1 is 0.571 bits per heavy atom. The number of benzene rings is 4. The molecule has 0 aromatic heterocycles. The Hall–Kier alpha value is -5.10. The minimum atomic E-state index is -0.0643. The summed E-state index contributed by atoms with van der Waals surface area (Å²) in [6, 6.07) is 30.9. The topological polar surface area (TPSA) is 59.1 Å². The predicted molar refractivity (Wildman–Crippen MR) is 168 cm³/mol. The van der Waals surface area contributed by atoms with Crippen molar-refractivity contribution < 1.29 is 19.1 Å². The molecule has 0 aliphatic carbocycles. The van der Waals surface area contributed by atoms with Gasteiger partial charge in [0.2, 0.25) is 0 Å². The molecule has 4 aromatic carbocycles. The van der Waals surface area contributed by atoms with Gasteiger partial charge in [-0.1, -0.05) is 72.8 Å². The van der Waals surface area contributed by atoms with Gasteiger partial charge < -0.3 is 19.3 Å². The highest BCUT2D eigenvalue weighted by Crippen LogP contribution is 2.23. The van der Waals surface area contributed by atoms with Crippen molar-refractivity contribution in [3.63, 3.8) is 0 Å². The number of allylic oxidation sites excluding steroid dienone is 2. The number of carbonyl (C=O) groups excluding carboxylic acids is 2. The van der Waals surface area contributed by atoms with E-state index in [1.165, 1.54) is 0 Å². The molecule has 0 amide bonds. The maximum absolute atomic E-state index is 12.4. The molecule has 0 saturated carbocycles. The van der Waals surface area contributed by atoms with Gasteiger partial charge in [-0.2, -0.15) is 0 Å². The summed E-state index contributed by atoms with van der Waals surface area (Å²) >= 11 is 0. The highest BCUT2D eigenvalue weighted by atomic mass is 16.5. The second-order valence-corrected chi connectivity index (χ2v) is 10.3. The van der Waals surface area contributed by atoms with E-state index in [1.54, 1.807) is 48.8 Å². The summed E-state index contributed by atoms with van der Waals surface area (Å²) in [4.78, 5) is 28.3. The van der Waals surface area contributed by atoms with Crippen LogP contribution >= 0.6 is 0 Å². The predicted octanol–water partition coefficient (Wildman–Crippen LogP) is 7.03. The first-order valence-electron chi connectivity index (χ1n) is 13.7. The summed E-state index contributed by atoms with van der Waals surface area (Å²) in [5, 5.41) is 0. The maximum Gasteiger partial charge on any atom is 0.187 e. The highest BCUT2D eigenvalue weighted by molar-refractivity contribution is 6.05. The molecule has 214 valence electrons. The van der Waals surface area contributed by atoms with Gasteiger partial charge in [0.25, 0.3) is 0 Å². The Balaban J connectivity index is 1.30. The van der Waals surface area contributed by atoms with Crippen LogP contribution in [0.2, 0.25) is 0 Å². The number of nitrogens with zero attached hydrogens (tertiary/aromatic N) is 2. The van der Waals surface area contributed by atoms with Gasteiger partial charge in [0, 0.05) is 63.9 Å². The lowest BCUT2D eigenvalue weighted by Crippen LogP contribution is -2.03. The molecule has 0 bridgehead atoms. The van der Waals surface area contributed by atoms with Crippen molar-refractivity contribution in [2.75, 3.05) is 28.2 Å². The van der Waals surface area contributed by atoms with Gasteiger partial charge in [-0.05, 0) is 46.5 Å². The zero-order chi connectivity index (χ0) is 29.9. The Labute approximate surface area is 248 Å². The van der Waals surface area contributed by atoms with Crippen LogP contribution in [-0.2, 0) is 13.2 Å². The average Bonchev–Trinajstić information content (AvgIpc) is 3.01. The quantitative estimate of drug-likeness (QED) is 0.129. The second-order valence-electron chi connectivity index (χ2n) is 10.3. The first kappa shape index (κ1) is 29.9. The Kier molecular flexibility index (Phi) is 10.3. The van der Waals surface area contributed by atoms with Gasteiger partial charge in [-0.3, -0.25) is 9.59 Å². The fourth-order valence-electron chi connectivity index (χ4n) is 4.02. The highest BCUT2D eigenvalue weighted by Gasteiger charge is 2.07. The van der Waals surface area contributed by atoms with Crippen LogP contribution in [0.15, 0.2) is 122 Å². The van der Waals surface area contributed by atoms with Crippen molar-refractivity contribution in [2.24, 2.45) is 0 Å². The van der Waals surface area contributed by atoms with Gasteiger partial charge in [0.05, 0.1) is 0 Å². The van der Waals surface area contributed by atoms with E-state index < -0.39 is 0 Å². The van der Waals surface area contributed by atoms with E-state index in [9.17, 15) is 9.59 Å².